The zero-order chi connectivity index (χ0) is 11.6. The Bertz CT molecular complexity index is 221. The third-order valence-electron chi connectivity index (χ3n) is 5.53. The van der Waals surface area contributed by atoms with Gasteiger partial charge in [0.1, 0.15) is 0 Å². The van der Waals surface area contributed by atoms with Crippen LogP contribution in [0.2, 0.25) is 0 Å². The molecular formula is C15H29N. The fourth-order valence-corrected chi connectivity index (χ4v) is 4.81. The first-order chi connectivity index (χ1) is 7.76. The molecule has 1 N–H and O–H groups in total. The second kappa shape index (κ2) is 5.08. The van der Waals surface area contributed by atoms with Crippen molar-refractivity contribution >= 4 is 0 Å². The monoisotopic (exact) mass is 223 g/mol. The van der Waals surface area contributed by atoms with Crippen molar-refractivity contribution in [2.24, 2.45) is 23.2 Å². The summed E-state index contributed by atoms with van der Waals surface area (Å²) in [5, 5.41) is 3.66. The van der Waals surface area contributed by atoms with Gasteiger partial charge in [-0.2, -0.15) is 0 Å². The quantitative estimate of drug-likeness (QED) is 0.721. The molecule has 0 radical (unpaired) electrons. The fraction of sp³-hybridized carbons (Fsp3) is 1.00. The van der Waals surface area contributed by atoms with Crippen LogP contribution in [0.3, 0.4) is 0 Å². The van der Waals surface area contributed by atoms with Crippen molar-refractivity contribution in [2.75, 3.05) is 13.1 Å². The predicted molar refractivity (Wildman–Crippen MR) is 70.5 cm³/mol. The van der Waals surface area contributed by atoms with Crippen molar-refractivity contribution in [3.8, 4) is 0 Å². The highest BCUT2D eigenvalue weighted by molar-refractivity contribution is 5.04. The maximum atomic E-state index is 3.66. The second-order valence-corrected chi connectivity index (χ2v) is 6.11. The lowest BCUT2D eigenvalue weighted by Crippen LogP contribution is -2.44. The molecule has 2 aliphatic carbocycles. The van der Waals surface area contributed by atoms with Crippen LogP contribution in [0.4, 0.5) is 0 Å². The van der Waals surface area contributed by atoms with Gasteiger partial charge in [-0.05, 0) is 49.0 Å². The van der Waals surface area contributed by atoms with Crippen molar-refractivity contribution in [1.29, 1.82) is 0 Å². The SMILES string of the molecule is CCNCC1(C(CC)CC)CC2CCC1C2. The summed E-state index contributed by atoms with van der Waals surface area (Å²) in [6.07, 6.45) is 8.88. The molecule has 0 aromatic heterocycles. The summed E-state index contributed by atoms with van der Waals surface area (Å²) < 4.78 is 0. The minimum absolute atomic E-state index is 0.669. The van der Waals surface area contributed by atoms with Crippen molar-refractivity contribution in [3.63, 3.8) is 0 Å². The minimum atomic E-state index is 0.669. The molecule has 1 heteroatoms. The summed E-state index contributed by atoms with van der Waals surface area (Å²) in [6.45, 7) is 9.46. The van der Waals surface area contributed by atoms with E-state index in [-0.39, 0.29) is 0 Å². The van der Waals surface area contributed by atoms with Gasteiger partial charge in [-0.15, -0.1) is 0 Å². The van der Waals surface area contributed by atoms with E-state index in [0.717, 1.165) is 24.3 Å². The molecule has 0 spiro atoms. The van der Waals surface area contributed by atoms with Crippen LogP contribution in [0, 0.1) is 23.2 Å². The predicted octanol–water partition coefficient (Wildman–Crippen LogP) is 3.84. The van der Waals surface area contributed by atoms with Gasteiger partial charge in [0.05, 0.1) is 0 Å². The summed E-state index contributed by atoms with van der Waals surface area (Å²) in [5.41, 5.74) is 0.669. The molecule has 94 valence electrons. The number of fused-ring (bicyclic) bond motifs is 2. The van der Waals surface area contributed by atoms with Crippen LogP contribution in [0.25, 0.3) is 0 Å². The van der Waals surface area contributed by atoms with Crippen LogP contribution in [-0.2, 0) is 0 Å². The van der Waals surface area contributed by atoms with Gasteiger partial charge in [-0.1, -0.05) is 40.0 Å². The van der Waals surface area contributed by atoms with Gasteiger partial charge in [0.2, 0.25) is 0 Å². The highest BCUT2D eigenvalue weighted by Crippen LogP contribution is 2.60. The molecule has 2 saturated carbocycles. The molecule has 2 aliphatic rings. The van der Waals surface area contributed by atoms with Crippen LogP contribution in [0.1, 0.15) is 59.3 Å². The van der Waals surface area contributed by atoms with Gasteiger partial charge >= 0.3 is 0 Å². The lowest BCUT2D eigenvalue weighted by Gasteiger charge is -2.44. The summed E-state index contributed by atoms with van der Waals surface area (Å²) in [5.74, 6) is 3.08. The Balaban J connectivity index is 2.12. The molecule has 2 fully saturated rings. The van der Waals surface area contributed by atoms with Crippen molar-refractivity contribution in [3.05, 3.63) is 0 Å². The lowest BCUT2D eigenvalue weighted by atomic mass is 9.63. The minimum Gasteiger partial charge on any atom is -0.316 e. The lowest BCUT2D eigenvalue weighted by molar-refractivity contribution is 0.0672. The van der Waals surface area contributed by atoms with E-state index in [1.165, 1.54) is 38.6 Å². The zero-order valence-corrected chi connectivity index (χ0v) is 11.4. The van der Waals surface area contributed by atoms with E-state index >= 15 is 0 Å². The van der Waals surface area contributed by atoms with Gasteiger partial charge < -0.3 is 5.32 Å². The average Bonchev–Trinajstić information content (AvgIpc) is 2.88. The Hall–Kier alpha value is -0.0400. The highest BCUT2D eigenvalue weighted by atomic mass is 14.9. The third-order valence-corrected chi connectivity index (χ3v) is 5.53. The van der Waals surface area contributed by atoms with Gasteiger partial charge in [-0.3, -0.25) is 0 Å². The second-order valence-electron chi connectivity index (χ2n) is 6.11. The van der Waals surface area contributed by atoms with E-state index in [9.17, 15) is 0 Å². The maximum absolute atomic E-state index is 3.66. The van der Waals surface area contributed by atoms with Crippen molar-refractivity contribution < 1.29 is 0 Å². The molecule has 0 aromatic carbocycles. The molecule has 1 nitrogen and oxygen atoms in total. The fourth-order valence-electron chi connectivity index (χ4n) is 4.81. The molecule has 0 aromatic rings. The molecule has 3 atom stereocenters. The molecule has 0 aliphatic heterocycles. The summed E-state index contributed by atoms with van der Waals surface area (Å²) >= 11 is 0. The summed E-state index contributed by atoms with van der Waals surface area (Å²) in [4.78, 5) is 0. The van der Waals surface area contributed by atoms with Gasteiger partial charge in [-0.25, -0.2) is 0 Å². The molecule has 2 bridgehead atoms. The Morgan fingerprint density at radius 1 is 1.19 bits per heavy atom. The maximum Gasteiger partial charge on any atom is 0.00131 e. The van der Waals surface area contributed by atoms with Crippen LogP contribution >= 0.6 is 0 Å². The topological polar surface area (TPSA) is 12.0 Å². The van der Waals surface area contributed by atoms with E-state index in [0.29, 0.717) is 5.41 Å². The average molecular weight is 223 g/mol. The van der Waals surface area contributed by atoms with Crippen molar-refractivity contribution in [1.82, 2.24) is 5.32 Å². The van der Waals surface area contributed by atoms with Crippen molar-refractivity contribution in [2.45, 2.75) is 59.3 Å². The van der Waals surface area contributed by atoms with Gasteiger partial charge in [0, 0.05) is 6.54 Å². The van der Waals surface area contributed by atoms with E-state index < -0.39 is 0 Å². The normalized spacial score (nSPS) is 37.5. The number of hydrogen-bond donors (Lipinski definition) is 1. The highest BCUT2D eigenvalue weighted by Gasteiger charge is 2.53. The molecule has 0 saturated heterocycles. The van der Waals surface area contributed by atoms with Crippen LogP contribution in [0.15, 0.2) is 0 Å². The first-order valence-electron chi connectivity index (χ1n) is 7.47. The van der Waals surface area contributed by atoms with E-state index in [1.54, 1.807) is 6.42 Å². The summed E-state index contributed by atoms with van der Waals surface area (Å²) in [6, 6.07) is 0. The largest absolute Gasteiger partial charge is 0.316 e. The molecule has 16 heavy (non-hydrogen) atoms. The van der Waals surface area contributed by atoms with E-state index in [2.05, 4.69) is 26.1 Å². The molecule has 0 amide bonds. The summed E-state index contributed by atoms with van der Waals surface area (Å²) in [7, 11) is 0. The number of hydrogen-bond acceptors (Lipinski definition) is 1. The van der Waals surface area contributed by atoms with E-state index in [1.807, 2.05) is 0 Å². The molecule has 0 heterocycles. The first kappa shape index (κ1) is 12.4. The Morgan fingerprint density at radius 3 is 2.38 bits per heavy atom. The molecular weight excluding hydrogens is 194 g/mol. The standard InChI is InChI=1S/C15H29N/c1-4-13(5-2)15(11-16-6-3)10-12-7-8-14(15)9-12/h12-14,16H,4-11H2,1-3H3. The van der Waals surface area contributed by atoms with E-state index in [4.69, 9.17) is 0 Å². The molecule has 2 rings (SSSR count). The van der Waals surface area contributed by atoms with Gasteiger partial charge in [0.15, 0.2) is 0 Å². The first-order valence-corrected chi connectivity index (χ1v) is 7.47. The van der Waals surface area contributed by atoms with Gasteiger partial charge in [0.25, 0.3) is 0 Å². The third kappa shape index (κ3) is 1.92. The number of rotatable bonds is 6. The smallest absolute Gasteiger partial charge is 0.00131 e. The van der Waals surface area contributed by atoms with Crippen LogP contribution in [0.5, 0.6) is 0 Å². The number of nitrogens with one attached hydrogen (secondary N) is 1. The Labute approximate surface area is 101 Å². The Kier molecular flexibility index (Phi) is 3.94. The molecule has 3 unspecified atom stereocenters. The zero-order valence-electron chi connectivity index (χ0n) is 11.4. The van der Waals surface area contributed by atoms with Crippen LogP contribution in [-0.4, -0.2) is 13.1 Å². The Morgan fingerprint density at radius 2 is 1.94 bits per heavy atom. The van der Waals surface area contributed by atoms with Crippen LogP contribution < -0.4 is 5.32 Å².